The molecule has 0 unspecified atom stereocenters. The van der Waals surface area contributed by atoms with Crippen molar-refractivity contribution < 1.29 is 9.72 Å². The summed E-state index contributed by atoms with van der Waals surface area (Å²) in [6.45, 7) is 0.389. The van der Waals surface area contributed by atoms with E-state index in [1.54, 1.807) is 0 Å². The van der Waals surface area contributed by atoms with Crippen LogP contribution in [-0.4, -0.2) is 27.5 Å². The minimum absolute atomic E-state index is 0.0183. The van der Waals surface area contributed by atoms with Crippen molar-refractivity contribution in [1.29, 1.82) is 0 Å². The number of hydrogen-bond donors (Lipinski definition) is 2. The largest absolute Gasteiger partial charge is 0.375 e. The fourth-order valence-corrected chi connectivity index (χ4v) is 2.19. The Bertz CT molecular complexity index is 752. The minimum Gasteiger partial charge on any atom is -0.375 e. The molecule has 0 atom stereocenters. The second kappa shape index (κ2) is 8.02. The Morgan fingerprint density at radius 1 is 1.21 bits per heavy atom. The Labute approximate surface area is 144 Å². The maximum absolute atomic E-state index is 12.3. The number of carbonyl (C=O) groups excluding carboxylic acids is 1. The van der Waals surface area contributed by atoms with E-state index in [-0.39, 0.29) is 16.4 Å². The van der Waals surface area contributed by atoms with Gasteiger partial charge in [-0.15, -0.1) is 0 Å². The number of carbonyl (C=O) groups is 1. The van der Waals surface area contributed by atoms with E-state index in [4.69, 9.17) is 18.0 Å². The van der Waals surface area contributed by atoms with Gasteiger partial charge in [-0.3, -0.25) is 25.3 Å². The molecule has 0 aromatic heterocycles. The smallest absolute Gasteiger partial charge is 0.270 e. The van der Waals surface area contributed by atoms with Crippen LogP contribution in [0.1, 0.15) is 15.9 Å². The fourth-order valence-electron chi connectivity index (χ4n) is 2.05. The van der Waals surface area contributed by atoms with Crippen molar-refractivity contribution in [3.05, 3.63) is 75.8 Å². The van der Waals surface area contributed by atoms with E-state index in [1.807, 2.05) is 30.3 Å². The van der Waals surface area contributed by atoms with Gasteiger partial charge in [-0.25, -0.2) is 0 Å². The van der Waals surface area contributed by atoms with Crippen molar-refractivity contribution >= 4 is 28.9 Å². The third kappa shape index (κ3) is 4.75. The van der Waals surface area contributed by atoms with Crippen molar-refractivity contribution in [3.63, 3.8) is 0 Å². The lowest BCUT2D eigenvalue weighted by Gasteiger charge is -2.23. The second-order valence-electron chi connectivity index (χ2n) is 4.97. The number of rotatable bonds is 5. The number of nitro groups is 1. The third-order valence-corrected chi connectivity index (χ3v) is 3.51. The highest BCUT2D eigenvalue weighted by molar-refractivity contribution is 7.80. The molecule has 2 aromatic rings. The zero-order valence-corrected chi connectivity index (χ0v) is 13.5. The number of hydrazine groups is 1. The average molecular weight is 344 g/mol. The molecule has 3 N–H and O–H groups in total. The summed E-state index contributed by atoms with van der Waals surface area (Å²) in [4.78, 5) is 22.5. The lowest BCUT2D eigenvalue weighted by atomic mass is 10.1. The molecular weight excluding hydrogens is 328 g/mol. The normalized spacial score (nSPS) is 10.0. The highest BCUT2D eigenvalue weighted by Crippen LogP contribution is 2.13. The molecule has 0 spiro atoms. The molecule has 0 bridgehead atoms. The summed E-state index contributed by atoms with van der Waals surface area (Å²) in [7, 11) is 0. The SMILES string of the molecule is NC(=S)N(CCc1ccccc1)NC(=O)c1cccc([N+](=O)[O-])c1. The Morgan fingerprint density at radius 2 is 1.92 bits per heavy atom. The summed E-state index contributed by atoms with van der Waals surface area (Å²) in [5, 5.41) is 12.2. The molecule has 0 aliphatic carbocycles. The highest BCUT2D eigenvalue weighted by atomic mass is 32.1. The van der Waals surface area contributed by atoms with Crippen LogP contribution in [0.4, 0.5) is 5.69 Å². The number of amides is 1. The van der Waals surface area contributed by atoms with Gasteiger partial charge in [-0.2, -0.15) is 0 Å². The van der Waals surface area contributed by atoms with Crippen LogP contribution in [0.5, 0.6) is 0 Å². The van der Waals surface area contributed by atoms with Gasteiger partial charge in [0.25, 0.3) is 11.6 Å². The van der Waals surface area contributed by atoms with Crippen molar-refractivity contribution in [2.45, 2.75) is 6.42 Å². The number of thiocarbonyl (C=S) groups is 1. The maximum atomic E-state index is 12.3. The first kappa shape index (κ1) is 17.4. The number of nitrogens with zero attached hydrogens (tertiary/aromatic N) is 2. The molecule has 1 amide bonds. The predicted octanol–water partition coefficient (Wildman–Crippen LogP) is 2.03. The third-order valence-electron chi connectivity index (χ3n) is 3.29. The molecular formula is C16H16N4O3S. The number of benzene rings is 2. The van der Waals surface area contributed by atoms with E-state index < -0.39 is 10.8 Å². The molecule has 0 heterocycles. The molecule has 0 saturated heterocycles. The van der Waals surface area contributed by atoms with E-state index in [1.165, 1.54) is 29.3 Å². The second-order valence-corrected chi connectivity index (χ2v) is 5.39. The monoisotopic (exact) mass is 344 g/mol. The van der Waals surface area contributed by atoms with Crippen LogP contribution in [0.25, 0.3) is 0 Å². The van der Waals surface area contributed by atoms with Gasteiger partial charge < -0.3 is 5.73 Å². The van der Waals surface area contributed by atoms with Crippen LogP contribution >= 0.6 is 12.2 Å². The van der Waals surface area contributed by atoms with Crippen LogP contribution < -0.4 is 11.2 Å². The Hall–Kier alpha value is -3.00. The maximum Gasteiger partial charge on any atom is 0.270 e. The number of hydrogen-bond acceptors (Lipinski definition) is 4. The van der Waals surface area contributed by atoms with Crippen LogP contribution in [0, 0.1) is 10.1 Å². The van der Waals surface area contributed by atoms with Gasteiger partial charge in [0.2, 0.25) is 0 Å². The molecule has 0 aliphatic heterocycles. The van der Waals surface area contributed by atoms with Gasteiger partial charge in [-0.1, -0.05) is 36.4 Å². The number of non-ortho nitro benzene ring substituents is 1. The molecule has 124 valence electrons. The van der Waals surface area contributed by atoms with Gasteiger partial charge in [-0.05, 0) is 30.3 Å². The van der Waals surface area contributed by atoms with E-state index in [0.717, 1.165) is 5.56 Å². The molecule has 2 rings (SSSR count). The summed E-state index contributed by atoms with van der Waals surface area (Å²) in [5.74, 6) is -0.514. The van der Waals surface area contributed by atoms with Crippen LogP contribution in [0.2, 0.25) is 0 Å². The van der Waals surface area contributed by atoms with Crippen LogP contribution in [0.15, 0.2) is 54.6 Å². The molecule has 24 heavy (non-hydrogen) atoms. The van der Waals surface area contributed by atoms with Gasteiger partial charge >= 0.3 is 0 Å². The average Bonchev–Trinajstić information content (AvgIpc) is 2.59. The van der Waals surface area contributed by atoms with Gasteiger partial charge in [0.15, 0.2) is 5.11 Å². The van der Waals surface area contributed by atoms with Gasteiger partial charge in [0, 0.05) is 24.2 Å². The zero-order chi connectivity index (χ0) is 17.5. The van der Waals surface area contributed by atoms with E-state index in [2.05, 4.69) is 5.43 Å². The van der Waals surface area contributed by atoms with Gasteiger partial charge in [0.1, 0.15) is 0 Å². The van der Waals surface area contributed by atoms with Gasteiger partial charge in [0.05, 0.1) is 4.92 Å². The topological polar surface area (TPSA) is 102 Å². The molecule has 0 saturated carbocycles. The van der Waals surface area contributed by atoms with E-state index in [0.29, 0.717) is 13.0 Å². The molecule has 7 nitrogen and oxygen atoms in total. The standard InChI is InChI=1S/C16H16N4O3S/c17-16(24)19(10-9-12-5-2-1-3-6-12)18-15(21)13-7-4-8-14(11-13)20(22)23/h1-8,11H,9-10H2,(H2,17,24)(H,18,21). The minimum atomic E-state index is -0.558. The summed E-state index contributed by atoms with van der Waals surface area (Å²) in [5.41, 5.74) is 9.29. The predicted molar refractivity (Wildman–Crippen MR) is 94.2 cm³/mol. The molecule has 0 aliphatic rings. The Kier molecular flexibility index (Phi) is 5.80. The van der Waals surface area contributed by atoms with Crippen molar-refractivity contribution in [1.82, 2.24) is 10.4 Å². The van der Waals surface area contributed by atoms with E-state index in [9.17, 15) is 14.9 Å². The number of nitrogens with one attached hydrogen (secondary N) is 1. The summed E-state index contributed by atoms with van der Waals surface area (Å²) in [6.07, 6.45) is 0.632. The van der Waals surface area contributed by atoms with Crippen molar-refractivity contribution in [2.24, 2.45) is 5.73 Å². The number of nitro benzene ring substituents is 1. The number of nitrogens with two attached hydrogens (primary N) is 1. The first-order valence-electron chi connectivity index (χ1n) is 7.13. The van der Waals surface area contributed by atoms with Crippen molar-refractivity contribution in [2.75, 3.05) is 6.54 Å². The molecule has 0 fully saturated rings. The molecule has 2 aromatic carbocycles. The molecule has 8 heteroatoms. The van der Waals surface area contributed by atoms with Crippen LogP contribution in [0.3, 0.4) is 0 Å². The van der Waals surface area contributed by atoms with Crippen molar-refractivity contribution in [3.8, 4) is 0 Å². The first-order valence-corrected chi connectivity index (χ1v) is 7.54. The lowest BCUT2D eigenvalue weighted by Crippen LogP contribution is -2.49. The summed E-state index contributed by atoms with van der Waals surface area (Å²) >= 11 is 4.95. The summed E-state index contributed by atoms with van der Waals surface area (Å²) in [6, 6.07) is 15.1. The Balaban J connectivity index is 2.04. The molecule has 0 radical (unpaired) electrons. The lowest BCUT2D eigenvalue weighted by molar-refractivity contribution is -0.384. The first-order chi connectivity index (χ1) is 11.5. The Morgan fingerprint density at radius 3 is 2.54 bits per heavy atom. The zero-order valence-electron chi connectivity index (χ0n) is 12.7. The summed E-state index contributed by atoms with van der Waals surface area (Å²) < 4.78 is 0. The fraction of sp³-hybridized carbons (Fsp3) is 0.125. The quantitative estimate of drug-likeness (QED) is 0.489. The van der Waals surface area contributed by atoms with E-state index >= 15 is 0 Å². The highest BCUT2D eigenvalue weighted by Gasteiger charge is 2.15. The van der Waals surface area contributed by atoms with Crippen LogP contribution in [-0.2, 0) is 6.42 Å².